The molecule has 2 fully saturated rings. The number of carbonyl (C=O) groups excluding carboxylic acids is 3. The quantitative estimate of drug-likeness (QED) is 0.166. The van der Waals surface area contributed by atoms with Gasteiger partial charge in [0.2, 0.25) is 20.0 Å². The van der Waals surface area contributed by atoms with Crippen LogP contribution >= 0.6 is 15.9 Å². The normalized spacial score (nSPS) is 15.3. The number of anilines is 2. The largest absolute Gasteiger partial charge is 0.465 e. The van der Waals surface area contributed by atoms with Crippen molar-refractivity contribution in [1.82, 2.24) is 9.80 Å². The van der Waals surface area contributed by atoms with E-state index in [1.54, 1.807) is 60.4 Å². The molecule has 0 atom stereocenters. The van der Waals surface area contributed by atoms with E-state index in [0.717, 1.165) is 59.4 Å². The van der Waals surface area contributed by atoms with E-state index in [-0.39, 0.29) is 17.8 Å². The van der Waals surface area contributed by atoms with E-state index in [0.29, 0.717) is 66.1 Å². The number of benzene rings is 4. The zero-order chi connectivity index (χ0) is 41.5. The minimum absolute atomic E-state index is 0.0563. The van der Waals surface area contributed by atoms with Crippen LogP contribution in [-0.2, 0) is 24.8 Å². The number of hydrogen-bond donors (Lipinski definition) is 2. The molecule has 0 radical (unpaired) electrons. The van der Waals surface area contributed by atoms with Crippen LogP contribution in [0, 0.1) is 13.8 Å². The topological polar surface area (TPSA) is 159 Å². The maximum absolute atomic E-state index is 12.9. The van der Waals surface area contributed by atoms with Gasteiger partial charge in [0.25, 0.3) is 11.8 Å². The highest BCUT2D eigenvalue weighted by atomic mass is 79.9. The molecule has 0 saturated carbocycles. The molecule has 304 valence electrons. The molecule has 4 aromatic carbocycles. The van der Waals surface area contributed by atoms with Gasteiger partial charge in [-0.2, -0.15) is 0 Å². The number of esters is 1. The van der Waals surface area contributed by atoms with Crippen LogP contribution < -0.4 is 9.44 Å². The van der Waals surface area contributed by atoms with Gasteiger partial charge in [-0.15, -0.1) is 0 Å². The molecule has 0 unspecified atom stereocenters. The predicted molar refractivity (Wildman–Crippen MR) is 227 cm³/mol. The molecule has 0 aromatic heterocycles. The second-order valence-corrected chi connectivity index (χ2v) is 19.0. The van der Waals surface area contributed by atoms with E-state index in [9.17, 15) is 31.2 Å². The van der Waals surface area contributed by atoms with Gasteiger partial charge in [0.1, 0.15) is 0 Å². The van der Waals surface area contributed by atoms with Crippen LogP contribution in [0.4, 0.5) is 11.4 Å². The number of ether oxygens (including phenoxy) is 1. The van der Waals surface area contributed by atoms with Crippen molar-refractivity contribution in [3.63, 3.8) is 0 Å². The van der Waals surface area contributed by atoms with E-state index < -0.39 is 20.0 Å². The Morgan fingerprint density at radius 3 is 1.44 bits per heavy atom. The Balaban J connectivity index is 0.000000219. The van der Waals surface area contributed by atoms with Gasteiger partial charge in [-0.3, -0.25) is 19.0 Å². The molecule has 2 amide bonds. The van der Waals surface area contributed by atoms with Gasteiger partial charge in [-0.05, 0) is 122 Å². The van der Waals surface area contributed by atoms with Crippen molar-refractivity contribution in [2.24, 2.45) is 0 Å². The van der Waals surface area contributed by atoms with Crippen molar-refractivity contribution in [3.05, 3.63) is 128 Å². The number of methoxy groups -OCH3 is 1. The van der Waals surface area contributed by atoms with Crippen molar-refractivity contribution in [1.29, 1.82) is 0 Å². The number of sulfonamides is 2. The summed E-state index contributed by atoms with van der Waals surface area (Å²) in [6.07, 6.45) is 5.68. The number of aryl methyl sites for hydroxylation is 2. The number of likely N-dealkylation sites (tertiary alicyclic amines) is 2. The van der Waals surface area contributed by atoms with Crippen molar-refractivity contribution in [3.8, 4) is 0 Å². The molecule has 12 nitrogen and oxygen atoms in total. The lowest BCUT2D eigenvalue weighted by molar-refractivity contribution is 0.0599. The molecule has 57 heavy (non-hydrogen) atoms. The fourth-order valence-electron chi connectivity index (χ4n) is 7.10. The summed E-state index contributed by atoms with van der Waals surface area (Å²) in [6, 6.07) is 26.0. The molecule has 0 bridgehead atoms. The van der Waals surface area contributed by atoms with Crippen molar-refractivity contribution >= 4 is 65.1 Å². The zero-order valence-electron chi connectivity index (χ0n) is 32.7. The lowest BCUT2D eigenvalue weighted by Gasteiger charge is -2.32. The van der Waals surface area contributed by atoms with Crippen molar-refractivity contribution in [2.45, 2.75) is 51.4 Å². The van der Waals surface area contributed by atoms with Crippen molar-refractivity contribution in [2.75, 3.05) is 55.2 Å². The maximum Gasteiger partial charge on any atom is 0.337 e. The summed E-state index contributed by atoms with van der Waals surface area (Å²) in [7, 11) is -5.45. The van der Waals surface area contributed by atoms with Gasteiger partial charge in [0, 0.05) is 41.8 Å². The first-order chi connectivity index (χ1) is 26.9. The Morgan fingerprint density at radius 1 is 0.614 bits per heavy atom. The second-order valence-electron chi connectivity index (χ2n) is 14.6. The summed E-state index contributed by atoms with van der Waals surface area (Å²) in [5.41, 5.74) is 6.34. The molecule has 6 rings (SSSR count). The molecule has 15 heteroatoms. The monoisotopic (exact) mass is 880 g/mol. The van der Waals surface area contributed by atoms with Crippen LogP contribution in [0.1, 0.15) is 90.8 Å². The number of amides is 2. The first kappa shape index (κ1) is 43.4. The molecule has 2 N–H and O–H groups in total. The molecular formula is C42H49BrN4O8S2. The average molecular weight is 882 g/mol. The van der Waals surface area contributed by atoms with E-state index in [2.05, 4.69) is 37.5 Å². The van der Waals surface area contributed by atoms with Gasteiger partial charge in [0.05, 0.1) is 36.6 Å². The average Bonchev–Trinajstić information content (AvgIpc) is 3.18. The third kappa shape index (κ3) is 12.1. The predicted octanol–water partition coefficient (Wildman–Crippen LogP) is 7.32. The lowest BCUT2D eigenvalue weighted by Crippen LogP contribution is -2.38. The molecule has 4 aromatic rings. The number of piperidine rings is 2. The summed E-state index contributed by atoms with van der Waals surface area (Å²) >= 11 is 3.51. The standard InChI is InChI=1S/C22H26N2O5S.C20H23BrN2O3S/c1-15-4-5-19(14-20(15)23-30(3,27)28)21(25)24-12-10-17(11-13-24)16-6-8-18(9-7-16)22(26)29-2;1-14-6-7-17(13-19(14)22-27(2,25)26)20(24)23-10-8-15(9-11-23)16-4-3-5-18(21)12-16/h4-9,14,17,23H,10-13H2,1-3H3;3-7,12-13,15,22H,8-11H2,1-2H3. The lowest BCUT2D eigenvalue weighted by atomic mass is 9.88. The molecule has 0 spiro atoms. The van der Waals surface area contributed by atoms with Crippen LogP contribution in [0.5, 0.6) is 0 Å². The van der Waals surface area contributed by atoms with E-state index in [1.165, 1.54) is 12.7 Å². The zero-order valence-corrected chi connectivity index (χ0v) is 36.0. The maximum atomic E-state index is 12.9. The highest BCUT2D eigenvalue weighted by molar-refractivity contribution is 9.10. The van der Waals surface area contributed by atoms with Gasteiger partial charge >= 0.3 is 5.97 Å². The summed E-state index contributed by atoms with van der Waals surface area (Å²) < 4.78 is 56.9. The van der Waals surface area contributed by atoms with Crippen LogP contribution in [-0.4, -0.2) is 90.2 Å². The third-order valence-corrected chi connectivity index (χ3v) is 11.9. The summed E-state index contributed by atoms with van der Waals surface area (Å²) in [5, 5.41) is 0. The third-order valence-electron chi connectivity index (χ3n) is 10.2. The van der Waals surface area contributed by atoms with Gasteiger partial charge in [-0.25, -0.2) is 21.6 Å². The van der Waals surface area contributed by atoms with E-state index in [4.69, 9.17) is 4.74 Å². The smallest absolute Gasteiger partial charge is 0.337 e. The number of hydrogen-bond acceptors (Lipinski definition) is 8. The van der Waals surface area contributed by atoms with Crippen LogP contribution in [0.15, 0.2) is 89.4 Å². The van der Waals surface area contributed by atoms with Crippen LogP contribution in [0.3, 0.4) is 0 Å². The summed E-state index contributed by atoms with van der Waals surface area (Å²) in [6.45, 7) is 6.22. The summed E-state index contributed by atoms with van der Waals surface area (Å²) in [5.74, 6) is 0.253. The fourth-order valence-corrected chi connectivity index (χ4v) is 8.75. The number of halogens is 1. The SMILES string of the molecule is COC(=O)c1ccc(C2CCN(C(=O)c3ccc(C)c(NS(C)(=O)=O)c3)CC2)cc1.Cc1ccc(C(=O)N2CCC(c3cccc(Br)c3)CC2)cc1NS(C)(=O)=O. The number of rotatable bonds is 9. The molecule has 2 aliphatic heterocycles. The number of carbonyl (C=O) groups is 3. The van der Waals surface area contributed by atoms with Crippen molar-refractivity contribution < 1.29 is 36.0 Å². The Kier molecular flexibility index (Phi) is 14.2. The van der Waals surface area contributed by atoms with Crippen LogP contribution in [0.25, 0.3) is 0 Å². The minimum Gasteiger partial charge on any atom is -0.465 e. The number of nitrogens with zero attached hydrogens (tertiary/aromatic N) is 2. The second kappa shape index (κ2) is 18.7. The molecule has 0 aliphatic carbocycles. The molecule has 2 heterocycles. The van der Waals surface area contributed by atoms with Gasteiger partial charge in [0.15, 0.2) is 0 Å². The Morgan fingerprint density at radius 2 is 1.04 bits per heavy atom. The number of nitrogens with one attached hydrogen (secondary N) is 2. The van der Waals surface area contributed by atoms with Gasteiger partial charge in [-0.1, -0.05) is 52.3 Å². The van der Waals surface area contributed by atoms with E-state index in [1.807, 2.05) is 36.1 Å². The summed E-state index contributed by atoms with van der Waals surface area (Å²) in [4.78, 5) is 41.0. The van der Waals surface area contributed by atoms with Crippen LogP contribution in [0.2, 0.25) is 0 Å². The highest BCUT2D eigenvalue weighted by Gasteiger charge is 2.27. The Labute approximate surface area is 344 Å². The van der Waals surface area contributed by atoms with E-state index >= 15 is 0 Å². The fraction of sp³-hybridized carbons (Fsp3) is 0.357. The first-order valence-electron chi connectivity index (χ1n) is 18.6. The Bertz CT molecular complexity index is 2320. The highest BCUT2D eigenvalue weighted by Crippen LogP contribution is 2.32. The molecule has 2 saturated heterocycles. The molecular weight excluding hydrogens is 833 g/mol. The first-order valence-corrected chi connectivity index (χ1v) is 23.2. The van der Waals surface area contributed by atoms with Gasteiger partial charge < -0.3 is 14.5 Å². The molecule has 2 aliphatic rings. The Hall–Kier alpha value is -4.73. The minimum atomic E-state index is -3.42.